The molecule has 0 unspecified atom stereocenters. The normalized spacial score (nSPS) is 16.4. The predicted molar refractivity (Wildman–Crippen MR) is 79.3 cm³/mol. The number of hydrogen-bond donors (Lipinski definition) is 3. The van der Waals surface area contributed by atoms with E-state index < -0.39 is 6.03 Å². The Balaban J connectivity index is 2.24. The van der Waals surface area contributed by atoms with E-state index >= 15 is 0 Å². The van der Waals surface area contributed by atoms with E-state index in [1.165, 1.54) is 25.5 Å². The molecule has 4 N–H and O–H groups in total. The van der Waals surface area contributed by atoms with Crippen LogP contribution in [0.25, 0.3) is 0 Å². The summed E-state index contributed by atoms with van der Waals surface area (Å²) in [4.78, 5) is 10.6. The molecule has 1 aromatic carbocycles. The van der Waals surface area contributed by atoms with Gasteiger partial charge in [0.05, 0.1) is 11.2 Å². The average Bonchev–Trinajstić information content (AvgIpc) is 2.44. The lowest BCUT2D eigenvalue weighted by atomic mass is 9.83. The Morgan fingerprint density at radius 3 is 2.75 bits per heavy atom. The van der Waals surface area contributed by atoms with E-state index in [0.29, 0.717) is 16.5 Å². The molecule has 1 aromatic rings. The monoisotopic (exact) mass is 295 g/mol. The van der Waals surface area contributed by atoms with Gasteiger partial charge < -0.3 is 10.8 Å². The summed E-state index contributed by atoms with van der Waals surface area (Å²) in [5.74, 6) is 0.430. The van der Waals surface area contributed by atoms with Crippen LogP contribution in [0.15, 0.2) is 17.2 Å². The molecule has 2 amide bonds. The van der Waals surface area contributed by atoms with Crippen molar-refractivity contribution in [2.75, 3.05) is 0 Å². The fraction of sp³-hybridized carbons (Fsp3) is 0.429. The highest BCUT2D eigenvalue weighted by Gasteiger charge is 2.18. The van der Waals surface area contributed by atoms with Gasteiger partial charge in [0.2, 0.25) is 0 Å². The molecule has 1 aliphatic carbocycles. The molecule has 0 saturated heterocycles. The lowest BCUT2D eigenvalue weighted by molar-refractivity contribution is 0.249. The molecule has 0 atom stereocenters. The average molecular weight is 296 g/mol. The van der Waals surface area contributed by atoms with E-state index in [9.17, 15) is 9.90 Å². The van der Waals surface area contributed by atoms with Crippen LogP contribution < -0.4 is 11.2 Å². The maximum absolute atomic E-state index is 10.6. The van der Waals surface area contributed by atoms with E-state index in [-0.39, 0.29) is 5.75 Å². The summed E-state index contributed by atoms with van der Waals surface area (Å²) in [6, 6.07) is 2.92. The van der Waals surface area contributed by atoms with Crippen molar-refractivity contribution in [3.05, 3.63) is 28.3 Å². The molecule has 1 aliphatic rings. The molecule has 6 heteroatoms. The lowest BCUT2D eigenvalue weighted by Gasteiger charge is -2.22. The zero-order valence-electron chi connectivity index (χ0n) is 11.1. The number of carbonyl (C=O) groups excluding carboxylic acids is 1. The minimum atomic E-state index is -0.754. The Bertz CT molecular complexity index is 525. The van der Waals surface area contributed by atoms with Crippen LogP contribution in [0.2, 0.25) is 5.02 Å². The van der Waals surface area contributed by atoms with Gasteiger partial charge >= 0.3 is 6.03 Å². The van der Waals surface area contributed by atoms with Gasteiger partial charge in [-0.15, -0.1) is 0 Å². The number of hydrazone groups is 1. The quantitative estimate of drug-likeness (QED) is 0.591. The van der Waals surface area contributed by atoms with Crippen LogP contribution in [-0.4, -0.2) is 17.4 Å². The summed E-state index contributed by atoms with van der Waals surface area (Å²) < 4.78 is 0. The summed E-state index contributed by atoms with van der Waals surface area (Å²) in [6.07, 6.45) is 7.33. The minimum absolute atomic E-state index is 0.0405. The van der Waals surface area contributed by atoms with E-state index in [1.807, 2.05) is 12.1 Å². The van der Waals surface area contributed by atoms with Gasteiger partial charge in [0, 0.05) is 5.56 Å². The van der Waals surface area contributed by atoms with Crippen LogP contribution >= 0.6 is 11.6 Å². The van der Waals surface area contributed by atoms with Gasteiger partial charge in [-0.2, -0.15) is 5.10 Å². The van der Waals surface area contributed by atoms with Crippen LogP contribution in [0.1, 0.15) is 49.1 Å². The number of urea groups is 1. The Labute approximate surface area is 122 Å². The van der Waals surface area contributed by atoms with Crippen molar-refractivity contribution in [2.45, 2.75) is 38.0 Å². The number of amides is 2. The zero-order valence-corrected chi connectivity index (χ0v) is 11.9. The molecule has 0 aromatic heterocycles. The van der Waals surface area contributed by atoms with E-state index in [2.05, 4.69) is 10.5 Å². The van der Waals surface area contributed by atoms with E-state index in [4.69, 9.17) is 17.3 Å². The first-order valence-corrected chi connectivity index (χ1v) is 7.06. The van der Waals surface area contributed by atoms with Crippen LogP contribution in [0.5, 0.6) is 5.75 Å². The van der Waals surface area contributed by atoms with Gasteiger partial charge in [0.25, 0.3) is 0 Å². The molecule has 0 spiro atoms. The second-order valence-electron chi connectivity index (χ2n) is 5.01. The number of primary amides is 1. The second-order valence-corrected chi connectivity index (χ2v) is 5.42. The first-order valence-electron chi connectivity index (χ1n) is 6.69. The number of nitrogens with one attached hydrogen (secondary N) is 1. The number of hydrogen-bond acceptors (Lipinski definition) is 3. The molecule has 0 bridgehead atoms. The Hall–Kier alpha value is -1.75. The van der Waals surface area contributed by atoms with Crippen LogP contribution in [0.4, 0.5) is 4.79 Å². The van der Waals surface area contributed by atoms with E-state index in [0.717, 1.165) is 18.4 Å². The van der Waals surface area contributed by atoms with Gasteiger partial charge in [-0.05, 0) is 36.5 Å². The molecule has 1 saturated carbocycles. The van der Waals surface area contributed by atoms with Gasteiger partial charge in [0.15, 0.2) is 0 Å². The predicted octanol–water partition coefficient (Wildman–Crippen LogP) is 3.10. The number of nitrogens with two attached hydrogens (primary N) is 1. The van der Waals surface area contributed by atoms with Gasteiger partial charge in [-0.3, -0.25) is 0 Å². The Kier molecular flexibility index (Phi) is 4.84. The summed E-state index contributed by atoms with van der Waals surface area (Å²) in [5.41, 5.74) is 8.60. The fourth-order valence-corrected chi connectivity index (χ4v) is 2.81. The first kappa shape index (κ1) is 14.7. The topological polar surface area (TPSA) is 87.7 Å². The van der Waals surface area contributed by atoms with E-state index in [1.54, 1.807) is 0 Å². The number of aromatic hydroxyl groups is 1. The third-order valence-electron chi connectivity index (χ3n) is 3.57. The third kappa shape index (κ3) is 3.63. The summed E-state index contributed by atoms with van der Waals surface area (Å²) >= 11 is 6.06. The fourth-order valence-electron chi connectivity index (χ4n) is 2.58. The van der Waals surface area contributed by atoms with Crippen molar-refractivity contribution < 1.29 is 9.90 Å². The minimum Gasteiger partial charge on any atom is -0.506 e. The Morgan fingerprint density at radius 1 is 1.40 bits per heavy atom. The van der Waals surface area contributed by atoms with Crippen molar-refractivity contribution in [3.8, 4) is 5.75 Å². The maximum atomic E-state index is 10.6. The van der Waals surface area contributed by atoms with Crippen molar-refractivity contribution in [2.24, 2.45) is 10.8 Å². The number of halogens is 1. The first-order chi connectivity index (χ1) is 9.58. The molecule has 5 nitrogen and oxygen atoms in total. The van der Waals surface area contributed by atoms with Gasteiger partial charge in [0.1, 0.15) is 5.75 Å². The number of carbonyl (C=O) groups is 1. The largest absolute Gasteiger partial charge is 0.506 e. The Morgan fingerprint density at radius 2 is 2.10 bits per heavy atom. The number of rotatable bonds is 3. The van der Waals surface area contributed by atoms with Crippen LogP contribution in [0.3, 0.4) is 0 Å². The molecular formula is C14H18ClN3O2. The molecule has 108 valence electrons. The summed E-state index contributed by atoms with van der Waals surface area (Å²) in [5, 5.41) is 13.9. The SMILES string of the molecule is NC(=O)NN=Cc1cc(C2CCCCC2)cc(Cl)c1O. The van der Waals surface area contributed by atoms with Crippen LogP contribution in [-0.2, 0) is 0 Å². The molecule has 1 fully saturated rings. The number of nitrogens with zero attached hydrogens (tertiary/aromatic N) is 1. The number of phenolic OH excluding ortho intramolecular Hbond substituents is 1. The van der Waals surface area contributed by atoms with Crippen molar-refractivity contribution in [1.82, 2.24) is 5.43 Å². The lowest BCUT2D eigenvalue weighted by Crippen LogP contribution is -2.24. The number of phenols is 1. The van der Waals surface area contributed by atoms with Crippen molar-refractivity contribution in [1.29, 1.82) is 0 Å². The maximum Gasteiger partial charge on any atom is 0.332 e. The molecule has 0 radical (unpaired) electrons. The molecular weight excluding hydrogens is 278 g/mol. The second kappa shape index (κ2) is 6.61. The molecule has 0 heterocycles. The van der Waals surface area contributed by atoms with Gasteiger partial charge in [-0.25, -0.2) is 10.2 Å². The standard InChI is InChI=1S/C14H18ClN3O2/c15-12-7-10(9-4-2-1-3-5-9)6-11(13(12)19)8-17-18-14(16)20/h6-9,19H,1-5H2,(H3,16,18,20). The molecule has 0 aliphatic heterocycles. The van der Waals surface area contributed by atoms with Crippen molar-refractivity contribution >= 4 is 23.8 Å². The highest BCUT2D eigenvalue weighted by atomic mass is 35.5. The highest BCUT2D eigenvalue weighted by molar-refractivity contribution is 6.32. The van der Waals surface area contributed by atoms with Gasteiger partial charge in [-0.1, -0.05) is 30.9 Å². The highest BCUT2D eigenvalue weighted by Crippen LogP contribution is 2.37. The molecule has 2 rings (SSSR count). The smallest absolute Gasteiger partial charge is 0.332 e. The number of benzene rings is 1. The summed E-state index contributed by atoms with van der Waals surface area (Å²) in [6.45, 7) is 0. The zero-order chi connectivity index (χ0) is 14.5. The van der Waals surface area contributed by atoms with Crippen molar-refractivity contribution in [3.63, 3.8) is 0 Å². The molecule has 20 heavy (non-hydrogen) atoms. The van der Waals surface area contributed by atoms with Crippen LogP contribution in [0, 0.1) is 0 Å². The third-order valence-corrected chi connectivity index (χ3v) is 3.86. The summed E-state index contributed by atoms with van der Waals surface area (Å²) in [7, 11) is 0.